The molecule has 0 aromatic heterocycles. The number of carbonyl (C=O) groups excluding carboxylic acids is 1. The van der Waals surface area contributed by atoms with Gasteiger partial charge in [0.1, 0.15) is 6.10 Å². The molecule has 27 heavy (non-hydrogen) atoms. The van der Waals surface area contributed by atoms with Gasteiger partial charge < -0.3 is 9.64 Å². The van der Waals surface area contributed by atoms with Gasteiger partial charge in [-0.25, -0.2) is 4.79 Å². The highest BCUT2D eigenvalue weighted by molar-refractivity contribution is 5.93. The molecule has 1 saturated heterocycles. The lowest BCUT2D eigenvalue weighted by Gasteiger charge is -2.32. The van der Waals surface area contributed by atoms with Crippen LogP contribution in [0.25, 0.3) is 0 Å². The van der Waals surface area contributed by atoms with Gasteiger partial charge in [-0.15, -0.1) is 12.4 Å². The van der Waals surface area contributed by atoms with Crippen LogP contribution in [0.1, 0.15) is 53.3 Å². The number of benzene rings is 2. The average Bonchev–Trinajstić information content (AvgIpc) is 3.00. The van der Waals surface area contributed by atoms with Crippen LogP contribution >= 0.6 is 12.4 Å². The van der Waals surface area contributed by atoms with Crippen molar-refractivity contribution in [3.05, 3.63) is 71.3 Å². The van der Waals surface area contributed by atoms with Gasteiger partial charge >= 0.3 is 5.97 Å². The molecule has 4 heteroatoms. The van der Waals surface area contributed by atoms with Crippen molar-refractivity contribution in [2.75, 3.05) is 19.6 Å². The number of hydrogen-bond donors (Lipinski definition) is 0. The summed E-state index contributed by atoms with van der Waals surface area (Å²) in [5.41, 5.74) is 3.28. The maximum Gasteiger partial charge on any atom is 0.339 e. The summed E-state index contributed by atoms with van der Waals surface area (Å²) in [7, 11) is 0. The SMILES string of the molecule is Cl.O=C1OC(CCCN2CCC(Cc3ccccc3)CC2)c2ccccc21. The zero-order valence-electron chi connectivity index (χ0n) is 15.7. The summed E-state index contributed by atoms with van der Waals surface area (Å²) in [5.74, 6) is 0.656. The summed E-state index contributed by atoms with van der Waals surface area (Å²) in [4.78, 5) is 14.5. The van der Waals surface area contributed by atoms with Crippen LogP contribution in [0.15, 0.2) is 54.6 Å². The van der Waals surface area contributed by atoms with Gasteiger partial charge in [0.15, 0.2) is 0 Å². The normalized spacial score (nSPS) is 20.0. The van der Waals surface area contributed by atoms with Gasteiger partial charge in [0.2, 0.25) is 0 Å². The maximum atomic E-state index is 11.9. The smallest absolute Gasteiger partial charge is 0.339 e. The van der Waals surface area contributed by atoms with Crippen LogP contribution in [0.4, 0.5) is 0 Å². The third-order valence-electron chi connectivity index (χ3n) is 5.79. The highest BCUT2D eigenvalue weighted by Crippen LogP contribution is 2.33. The van der Waals surface area contributed by atoms with Gasteiger partial charge in [-0.2, -0.15) is 0 Å². The van der Waals surface area contributed by atoms with E-state index < -0.39 is 0 Å². The zero-order valence-corrected chi connectivity index (χ0v) is 16.5. The van der Waals surface area contributed by atoms with Crippen LogP contribution in [-0.4, -0.2) is 30.5 Å². The van der Waals surface area contributed by atoms with Crippen molar-refractivity contribution in [1.29, 1.82) is 0 Å². The third kappa shape index (κ3) is 4.91. The number of cyclic esters (lactones) is 1. The summed E-state index contributed by atoms with van der Waals surface area (Å²) >= 11 is 0. The number of carbonyl (C=O) groups is 1. The first kappa shape index (κ1) is 19.9. The molecule has 2 heterocycles. The van der Waals surface area contributed by atoms with Crippen LogP contribution in [0.5, 0.6) is 0 Å². The van der Waals surface area contributed by atoms with Crippen LogP contribution in [0, 0.1) is 5.92 Å². The highest BCUT2D eigenvalue weighted by Gasteiger charge is 2.30. The molecule has 0 radical (unpaired) electrons. The first-order chi connectivity index (χ1) is 12.8. The minimum atomic E-state index is -0.160. The predicted octanol–water partition coefficient (Wildman–Crippen LogP) is 5.05. The number of nitrogens with zero attached hydrogens (tertiary/aromatic N) is 1. The van der Waals surface area contributed by atoms with E-state index in [1.165, 1.54) is 37.9 Å². The van der Waals surface area contributed by atoms with Crippen molar-refractivity contribution in [3.8, 4) is 0 Å². The standard InChI is InChI=1S/C23H27NO2.ClH/c25-23-21-10-5-4-9-20(21)22(26-23)11-6-14-24-15-12-19(13-16-24)17-18-7-2-1-3-8-18;/h1-5,7-10,19,22H,6,11-17H2;1H. The first-order valence-electron chi connectivity index (χ1n) is 9.86. The molecular formula is C23H28ClNO2. The molecular weight excluding hydrogens is 358 g/mol. The molecule has 1 atom stereocenters. The number of fused-ring (bicyclic) bond motifs is 1. The Morgan fingerprint density at radius 2 is 1.67 bits per heavy atom. The van der Waals surface area contributed by atoms with Crippen LogP contribution < -0.4 is 0 Å². The van der Waals surface area contributed by atoms with E-state index in [2.05, 4.69) is 35.2 Å². The minimum Gasteiger partial charge on any atom is -0.454 e. The number of likely N-dealkylation sites (tertiary alicyclic amines) is 1. The molecule has 0 amide bonds. The average molecular weight is 386 g/mol. The van der Waals surface area contributed by atoms with E-state index in [4.69, 9.17) is 4.74 Å². The van der Waals surface area contributed by atoms with Gasteiger partial charge in [0.05, 0.1) is 5.56 Å². The fourth-order valence-electron chi connectivity index (χ4n) is 4.30. The van der Waals surface area contributed by atoms with E-state index in [9.17, 15) is 4.79 Å². The van der Waals surface area contributed by atoms with Crippen molar-refractivity contribution >= 4 is 18.4 Å². The molecule has 2 aromatic carbocycles. The topological polar surface area (TPSA) is 29.5 Å². The summed E-state index contributed by atoms with van der Waals surface area (Å²) < 4.78 is 5.55. The minimum absolute atomic E-state index is 0. The Labute approximate surface area is 168 Å². The predicted molar refractivity (Wildman–Crippen MR) is 110 cm³/mol. The Bertz CT molecular complexity index is 741. The van der Waals surface area contributed by atoms with Gasteiger partial charge in [-0.3, -0.25) is 0 Å². The van der Waals surface area contributed by atoms with Crippen molar-refractivity contribution in [2.24, 2.45) is 5.92 Å². The fraction of sp³-hybridized carbons (Fsp3) is 0.435. The summed E-state index contributed by atoms with van der Waals surface area (Å²) in [6.07, 6.45) is 5.74. The number of rotatable bonds is 6. The lowest BCUT2D eigenvalue weighted by molar-refractivity contribution is 0.0355. The lowest BCUT2D eigenvalue weighted by atomic mass is 9.90. The van der Waals surface area contributed by atoms with Crippen LogP contribution in [0.2, 0.25) is 0 Å². The molecule has 2 aliphatic heterocycles. The first-order valence-corrected chi connectivity index (χ1v) is 9.86. The molecule has 0 spiro atoms. The van der Waals surface area contributed by atoms with Gasteiger partial charge in [0, 0.05) is 5.56 Å². The second-order valence-electron chi connectivity index (χ2n) is 7.60. The van der Waals surface area contributed by atoms with Crippen LogP contribution in [0.3, 0.4) is 0 Å². The molecule has 2 aromatic rings. The molecule has 4 rings (SSSR count). The molecule has 1 unspecified atom stereocenters. The maximum absolute atomic E-state index is 11.9. The molecule has 3 nitrogen and oxygen atoms in total. The largest absolute Gasteiger partial charge is 0.454 e. The Balaban J connectivity index is 0.00000210. The fourth-order valence-corrected chi connectivity index (χ4v) is 4.30. The van der Waals surface area contributed by atoms with Crippen LogP contribution in [-0.2, 0) is 11.2 Å². The quantitative estimate of drug-likeness (QED) is 0.651. The Hall–Kier alpha value is -1.84. The highest BCUT2D eigenvalue weighted by atomic mass is 35.5. The lowest BCUT2D eigenvalue weighted by Crippen LogP contribution is -2.35. The third-order valence-corrected chi connectivity index (χ3v) is 5.79. The Morgan fingerprint density at radius 3 is 2.44 bits per heavy atom. The zero-order chi connectivity index (χ0) is 17.8. The Kier molecular flexibility index (Phi) is 6.92. The van der Waals surface area contributed by atoms with Crippen molar-refractivity contribution in [3.63, 3.8) is 0 Å². The van der Waals surface area contributed by atoms with Gasteiger partial charge in [-0.1, -0.05) is 48.5 Å². The van der Waals surface area contributed by atoms with E-state index in [0.717, 1.165) is 36.4 Å². The number of hydrogen-bond acceptors (Lipinski definition) is 3. The van der Waals surface area contributed by atoms with E-state index in [-0.39, 0.29) is 24.5 Å². The molecule has 0 saturated carbocycles. The number of halogens is 1. The second kappa shape index (κ2) is 9.38. The summed E-state index contributed by atoms with van der Waals surface area (Å²) in [6, 6.07) is 18.6. The van der Waals surface area contributed by atoms with Crippen molar-refractivity contribution in [1.82, 2.24) is 4.90 Å². The van der Waals surface area contributed by atoms with E-state index in [1.807, 2.05) is 24.3 Å². The van der Waals surface area contributed by atoms with Gasteiger partial charge in [-0.05, 0) is 69.3 Å². The number of esters is 1. The van der Waals surface area contributed by atoms with E-state index >= 15 is 0 Å². The summed E-state index contributed by atoms with van der Waals surface area (Å²) in [5, 5.41) is 0. The summed E-state index contributed by atoms with van der Waals surface area (Å²) in [6.45, 7) is 3.49. The molecule has 2 aliphatic rings. The second-order valence-corrected chi connectivity index (χ2v) is 7.60. The number of ether oxygens (including phenoxy) is 1. The molecule has 144 valence electrons. The number of piperidine rings is 1. The molecule has 0 bridgehead atoms. The molecule has 0 N–H and O–H groups in total. The molecule has 1 fully saturated rings. The van der Waals surface area contributed by atoms with Crippen molar-refractivity contribution < 1.29 is 9.53 Å². The van der Waals surface area contributed by atoms with Crippen molar-refractivity contribution in [2.45, 2.75) is 38.2 Å². The van der Waals surface area contributed by atoms with E-state index in [0.29, 0.717) is 0 Å². The molecule has 0 aliphatic carbocycles. The Morgan fingerprint density at radius 1 is 0.963 bits per heavy atom. The van der Waals surface area contributed by atoms with E-state index in [1.54, 1.807) is 0 Å². The van der Waals surface area contributed by atoms with Gasteiger partial charge in [0.25, 0.3) is 0 Å². The monoisotopic (exact) mass is 385 g/mol.